The molecule has 0 amide bonds. The van der Waals surface area contributed by atoms with E-state index >= 15 is 0 Å². The third-order valence-electron chi connectivity index (χ3n) is 6.59. The van der Waals surface area contributed by atoms with Crippen molar-refractivity contribution in [2.24, 2.45) is 0 Å². The Morgan fingerprint density at radius 2 is 1.98 bits per heavy atom. The number of nitrogens with zero attached hydrogens (tertiary/aromatic N) is 6. The van der Waals surface area contributed by atoms with E-state index < -0.39 is 11.8 Å². The lowest BCUT2D eigenvalue weighted by Crippen LogP contribution is -2.07. The van der Waals surface area contributed by atoms with E-state index in [1.54, 1.807) is 36.7 Å². The Morgan fingerprint density at radius 3 is 2.71 bits per heavy atom. The molecule has 0 aliphatic heterocycles. The topological polar surface area (TPSA) is 140 Å². The van der Waals surface area contributed by atoms with Crippen LogP contribution < -0.4 is 4.74 Å². The third kappa shape index (κ3) is 5.55. The Morgan fingerprint density at radius 1 is 1.07 bits per heavy atom. The zero-order valence-electron chi connectivity index (χ0n) is 21.9. The molecule has 0 unspecified atom stereocenters. The molecule has 0 saturated heterocycles. The first-order chi connectivity index (χ1) is 20.5. The molecule has 0 atom stereocenters. The summed E-state index contributed by atoms with van der Waals surface area (Å²) in [4.78, 5) is 29.6. The summed E-state index contributed by atoms with van der Waals surface area (Å²) in [6, 6.07) is 20.0. The summed E-state index contributed by atoms with van der Waals surface area (Å²) < 4.78 is 27.2. The van der Waals surface area contributed by atoms with E-state index in [1.165, 1.54) is 30.5 Å². The molecular formula is C31H21FN6O4. The summed E-state index contributed by atoms with van der Waals surface area (Å²) in [5.41, 5.74) is 4.15. The highest BCUT2D eigenvalue weighted by molar-refractivity contribution is 5.92. The minimum atomic E-state index is -1.02. The monoisotopic (exact) mass is 560 g/mol. The van der Waals surface area contributed by atoms with Crippen LogP contribution in [0.25, 0.3) is 22.3 Å². The molecule has 4 heterocycles. The van der Waals surface area contributed by atoms with Crippen LogP contribution in [0.3, 0.4) is 0 Å². The minimum Gasteiger partial charge on any atom is -0.478 e. The van der Waals surface area contributed by atoms with Crippen molar-refractivity contribution in [3.8, 4) is 23.2 Å². The molecule has 2 aromatic carbocycles. The number of nitriles is 1. The summed E-state index contributed by atoms with van der Waals surface area (Å²) >= 11 is 0. The number of benzene rings is 2. The van der Waals surface area contributed by atoms with Gasteiger partial charge in [0.25, 0.3) is 0 Å². The highest BCUT2D eigenvalue weighted by atomic mass is 19.1. The quantitative estimate of drug-likeness (QED) is 0.246. The maximum absolute atomic E-state index is 14.2. The van der Waals surface area contributed by atoms with Crippen molar-refractivity contribution in [2.45, 2.75) is 19.6 Å². The number of halogens is 1. The van der Waals surface area contributed by atoms with E-state index in [0.29, 0.717) is 46.3 Å². The minimum absolute atomic E-state index is 0.0341. The maximum atomic E-state index is 14.2. The number of imidazole rings is 1. The maximum Gasteiger partial charge on any atom is 0.335 e. The molecule has 0 aliphatic rings. The lowest BCUT2D eigenvalue weighted by Gasteiger charge is -2.09. The summed E-state index contributed by atoms with van der Waals surface area (Å²) in [5.74, 6) is -0.0732. The standard InChI is InChI=1S/C31H21FN6O4/c32-24-12-19(15-33)4-5-22(24)18-42-29-3-1-2-25(37-29)21-6-8-23(35-16-21)14-28-36-26-9-7-20(31(39)40)13-27(26)38(28)17-30-34-10-11-41-30/h1-13,16H,14,17-18H2,(H,39,40). The van der Waals surface area contributed by atoms with Crippen molar-refractivity contribution in [1.82, 2.24) is 24.5 Å². The summed E-state index contributed by atoms with van der Waals surface area (Å²) in [7, 11) is 0. The van der Waals surface area contributed by atoms with Gasteiger partial charge in [-0.3, -0.25) is 4.98 Å². The van der Waals surface area contributed by atoms with Gasteiger partial charge < -0.3 is 18.8 Å². The molecule has 0 saturated carbocycles. The Hall–Kier alpha value is -5.89. The van der Waals surface area contributed by atoms with Crippen molar-refractivity contribution < 1.29 is 23.4 Å². The zero-order chi connectivity index (χ0) is 29.1. The number of aromatic nitrogens is 5. The number of hydrogen-bond donors (Lipinski definition) is 1. The molecule has 0 aliphatic carbocycles. The van der Waals surface area contributed by atoms with E-state index in [-0.39, 0.29) is 24.3 Å². The predicted molar refractivity (Wildman–Crippen MR) is 148 cm³/mol. The van der Waals surface area contributed by atoms with Gasteiger partial charge in [0.05, 0.1) is 40.1 Å². The first-order valence-electron chi connectivity index (χ1n) is 12.8. The first kappa shape index (κ1) is 26.3. The number of hydrogen-bond acceptors (Lipinski definition) is 8. The van der Waals surface area contributed by atoms with E-state index in [0.717, 1.165) is 11.3 Å². The van der Waals surface area contributed by atoms with Crippen molar-refractivity contribution in [3.63, 3.8) is 0 Å². The van der Waals surface area contributed by atoms with Crippen LogP contribution in [0.15, 0.2) is 89.8 Å². The fourth-order valence-corrected chi connectivity index (χ4v) is 4.47. The average molecular weight is 561 g/mol. The average Bonchev–Trinajstić information content (AvgIpc) is 3.65. The predicted octanol–water partition coefficient (Wildman–Crippen LogP) is 5.41. The van der Waals surface area contributed by atoms with Crippen LogP contribution in [0, 0.1) is 17.1 Å². The lowest BCUT2D eigenvalue weighted by atomic mass is 10.1. The lowest BCUT2D eigenvalue weighted by molar-refractivity contribution is 0.0697. The number of carboxylic acid groups (broad SMARTS) is 1. The molecule has 11 heteroatoms. The number of pyridine rings is 2. The van der Waals surface area contributed by atoms with Gasteiger partial charge in [-0.25, -0.2) is 24.1 Å². The highest BCUT2D eigenvalue weighted by Gasteiger charge is 2.16. The van der Waals surface area contributed by atoms with Crippen molar-refractivity contribution in [3.05, 3.63) is 125 Å². The molecule has 0 spiro atoms. The number of oxazole rings is 1. The van der Waals surface area contributed by atoms with E-state index in [9.17, 15) is 14.3 Å². The van der Waals surface area contributed by atoms with Crippen LogP contribution in [-0.4, -0.2) is 35.6 Å². The Balaban J connectivity index is 1.21. The van der Waals surface area contributed by atoms with Crippen LogP contribution in [0.4, 0.5) is 4.39 Å². The highest BCUT2D eigenvalue weighted by Crippen LogP contribution is 2.24. The molecule has 10 nitrogen and oxygen atoms in total. The number of aromatic carboxylic acids is 1. The molecule has 1 N–H and O–H groups in total. The molecule has 0 bridgehead atoms. The number of carbonyl (C=O) groups is 1. The van der Waals surface area contributed by atoms with Gasteiger partial charge in [-0.15, -0.1) is 0 Å². The van der Waals surface area contributed by atoms with Crippen LogP contribution in [0.1, 0.15) is 38.9 Å². The fourth-order valence-electron chi connectivity index (χ4n) is 4.47. The summed E-state index contributed by atoms with van der Waals surface area (Å²) in [5, 5.41) is 18.4. The van der Waals surface area contributed by atoms with Gasteiger partial charge in [0.2, 0.25) is 11.8 Å². The second kappa shape index (κ2) is 11.3. The Labute approximate surface area is 238 Å². The van der Waals surface area contributed by atoms with Gasteiger partial charge in [0.1, 0.15) is 31.1 Å². The van der Waals surface area contributed by atoms with E-state index in [2.05, 4.69) is 15.0 Å². The largest absolute Gasteiger partial charge is 0.478 e. The van der Waals surface area contributed by atoms with Gasteiger partial charge in [-0.1, -0.05) is 12.1 Å². The van der Waals surface area contributed by atoms with Gasteiger partial charge >= 0.3 is 5.97 Å². The number of ether oxygens (including phenoxy) is 1. The van der Waals surface area contributed by atoms with Crippen LogP contribution in [-0.2, 0) is 19.6 Å². The summed E-state index contributed by atoms with van der Waals surface area (Å²) in [6.07, 6.45) is 5.11. The second-order valence-electron chi connectivity index (χ2n) is 9.33. The fraction of sp³-hybridized carbons (Fsp3) is 0.0968. The van der Waals surface area contributed by atoms with Crippen LogP contribution in [0.5, 0.6) is 5.88 Å². The normalized spacial score (nSPS) is 11.0. The molecule has 0 fully saturated rings. The SMILES string of the molecule is N#Cc1ccc(COc2cccc(-c3ccc(Cc4nc5ccc(C(=O)O)cc5n4Cc4ncco4)nc3)n2)c(F)c1. The Kier molecular flexibility index (Phi) is 7.09. The molecule has 4 aromatic heterocycles. The van der Waals surface area contributed by atoms with Gasteiger partial charge in [0.15, 0.2) is 0 Å². The molecule has 206 valence electrons. The Bertz CT molecular complexity index is 1950. The second-order valence-corrected chi connectivity index (χ2v) is 9.33. The molecule has 0 radical (unpaired) electrons. The van der Waals surface area contributed by atoms with Crippen molar-refractivity contribution in [1.29, 1.82) is 5.26 Å². The smallest absolute Gasteiger partial charge is 0.335 e. The van der Waals surface area contributed by atoms with E-state index in [4.69, 9.17) is 19.4 Å². The van der Waals surface area contributed by atoms with E-state index in [1.807, 2.05) is 28.8 Å². The van der Waals surface area contributed by atoms with Gasteiger partial charge in [0, 0.05) is 35.5 Å². The van der Waals surface area contributed by atoms with Crippen molar-refractivity contribution >= 4 is 17.0 Å². The van der Waals surface area contributed by atoms with Crippen LogP contribution in [0.2, 0.25) is 0 Å². The molecule has 6 aromatic rings. The first-order valence-corrected chi connectivity index (χ1v) is 12.8. The molecule has 6 rings (SSSR count). The molecule has 42 heavy (non-hydrogen) atoms. The number of carboxylic acids is 1. The van der Waals surface area contributed by atoms with Gasteiger partial charge in [-0.05, 0) is 48.5 Å². The van der Waals surface area contributed by atoms with Gasteiger partial charge in [-0.2, -0.15) is 5.26 Å². The molecular weight excluding hydrogens is 539 g/mol. The summed E-state index contributed by atoms with van der Waals surface area (Å²) in [6.45, 7) is 0.247. The number of rotatable bonds is 9. The van der Waals surface area contributed by atoms with Crippen LogP contribution >= 0.6 is 0 Å². The van der Waals surface area contributed by atoms with Crippen molar-refractivity contribution in [2.75, 3.05) is 0 Å². The number of fused-ring (bicyclic) bond motifs is 1. The third-order valence-corrected chi connectivity index (χ3v) is 6.59. The zero-order valence-corrected chi connectivity index (χ0v) is 21.9.